The van der Waals surface area contributed by atoms with Gasteiger partial charge in [0.1, 0.15) is 5.82 Å². The van der Waals surface area contributed by atoms with Crippen molar-refractivity contribution in [3.8, 4) is 0 Å². The van der Waals surface area contributed by atoms with E-state index in [2.05, 4.69) is 5.32 Å². The van der Waals surface area contributed by atoms with E-state index in [0.717, 1.165) is 30.5 Å². The Labute approximate surface area is 154 Å². The van der Waals surface area contributed by atoms with Crippen LogP contribution in [0, 0.1) is 12.7 Å². The molecular weight excluding hydrogens is 331 g/mol. The van der Waals surface area contributed by atoms with E-state index in [1.54, 1.807) is 6.07 Å². The molecule has 2 unspecified atom stereocenters. The average Bonchev–Trinajstić information content (AvgIpc) is 2.65. The van der Waals surface area contributed by atoms with E-state index in [9.17, 15) is 9.18 Å². The second kappa shape index (κ2) is 8.32. The molecule has 1 amide bonds. The highest BCUT2D eigenvalue weighted by molar-refractivity contribution is 5.82. The van der Waals surface area contributed by atoms with Crippen molar-refractivity contribution in [2.45, 2.75) is 31.9 Å². The van der Waals surface area contributed by atoms with E-state index in [1.165, 1.54) is 13.2 Å². The number of anilines is 1. The fourth-order valence-electron chi connectivity index (χ4n) is 3.48. The van der Waals surface area contributed by atoms with Crippen LogP contribution in [-0.2, 0) is 9.53 Å². The summed E-state index contributed by atoms with van der Waals surface area (Å²) < 4.78 is 19.6. The maximum absolute atomic E-state index is 14.2. The molecule has 0 saturated carbocycles. The molecule has 3 rings (SSSR count). The number of rotatable bonds is 5. The summed E-state index contributed by atoms with van der Waals surface area (Å²) in [5.74, 6) is -0.378. The molecule has 0 aliphatic carbocycles. The van der Waals surface area contributed by atoms with Gasteiger partial charge in [0.05, 0.1) is 5.69 Å². The summed E-state index contributed by atoms with van der Waals surface area (Å²) in [5.41, 5.74) is 2.45. The van der Waals surface area contributed by atoms with Crippen molar-refractivity contribution in [1.29, 1.82) is 0 Å². The van der Waals surface area contributed by atoms with Crippen LogP contribution in [0.25, 0.3) is 0 Å². The summed E-state index contributed by atoms with van der Waals surface area (Å²) in [6.07, 6.45) is 1.14. The SMILES string of the molecule is COC(C(=O)NC1CCCN(c2cc(C)ccc2F)C1)c1ccccc1. The molecule has 1 saturated heterocycles. The van der Waals surface area contributed by atoms with Crippen molar-refractivity contribution in [3.63, 3.8) is 0 Å². The standard InChI is InChI=1S/C21H25FN2O2/c1-15-10-11-18(22)19(13-15)24-12-6-9-17(14-24)23-21(25)20(26-2)16-7-4-3-5-8-16/h3-5,7-8,10-11,13,17,20H,6,9,12,14H2,1-2H3,(H,23,25). The maximum Gasteiger partial charge on any atom is 0.254 e. The lowest BCUT2D eigenvalue weighted by Gasteiger charge is -2.35. The first-order chi connectivity index (χ1) is 12.6. The normalized spacial score (nSPS) is 18.4. The Morgan fingerprint density at radius 3 is 2.77 bits per heavy atom. The van der Waals surface area contributed by atoms with Crippen molar-refractivity contribution in [3.05, 3.63) is 65.5 Å². The summed E-state index contributed by atoms with van der Waals surface area (Å²) in [5, 5.41) is 3.07. The van der Waals surface area contributed by atoms with Gasteiger partial charge in [-0.1, -0.05) is 36.4 Å². The molecule has 1 fully saturated rings. The highest BCUT2D eigenvalue weighted by Gasteiger charge is 2.27. The quantitative estimate of drug-likeness (QED) is 0.890. The summed E-state index contributed by atoms with van der Waals surface area (Å²) in [6, 6.07) is 14.5. The Kier molecular flexibility index (Phi) is 5.89. The summed E-state index contributed by atoms with van der Waals surface area (Å²) in [6.45, 7) is 3.34. The van der Waals surface area contributed by atoms with Gasteiger partial charge in [-0.15, -0.1) is 0 Å². The fraction of sp³-hybridized carbons (Fsp3) is 0.381. The summed E-state index contributed by atoms with van der Waals surface area (Å²) >= 11 is 0. The molecule has 138 valence electrons. The number of methoxy groups -OCH3 is 1. The molecule has 1 aliphatic rings. The third-order valence-corrected chi connectivity index (χ3v) is 4.79. The lowest BCUT2D eigenvalue weighted by atomic mass is 10.0. The molecule has 1 heterocycles. The van der Waals surface area contributed by atoms with Crippen LogP contribution in [0.4, 0.5) is 10.1 Å². The number of nitrogens with zero attached hydrogens (tertiary/aromatic N) is 1. The predicted octanol–water partition coefficient (Wildman–Crippen LogP) is 3.61. The van der Waals surface area contributed by atoms with Gasteiger partial charge in [-0.3, -0.25) is 4.79 Å². The van der Waals surface area contributed by atoms with Gasteiger partial charge in [-0.2, -0.15) is 0 Å². The number of amides is 1. The van der Waals surface area contributed by atoms with Crippen molar-refractivity contribution in [2.75, 3.05) is 25.1 Å². The summed E-state index contributed by atoms with van der Waals surface area (Å²) in [4.78, 5) is 14.7. The second-order valence-corrected chi connectivity index (χ2v) is 6.78. The zero-order valence-electron chi connectivity index (χ0n) is 15.2. The van der Waals surface area contributed by atoms with E-state index < -0.39 is 6.10 Å². The van der Waals surface area contributed by atoms with Crippen LogP contribution in [0.2, 0.25) is 0 Å². The minimum atomic E-state index is -0.637. The Bertz CT molecular complexity index is 751. The van der Waals surface area contributed by atoms with Crippen LogP contribution < -0.4 is 10.2 Å². The molecule has 5 heteroatoms. The first kappa shape index (κ1) is 18.4. The average molecular weight is 356 g/mol. The van der Waals surface area contributed by atoms with E-state index in [0.29, 0.717) is 12.2 Å². The zero-order valence-corrected chi connectivity index (χ0v) is 15.2. The molecule has 2 aromatic carbocycles. The number of carbonyl (C=O) groups is 1. The van der Waals surface area contributed by atoms with Crippen LogP contribution in [0.1, 0.15) is 30.1 Å². The fourth-order valence-corrected chi connectivity index (χ4v) is 3.48. The molecule has 26 heavy (non-hydrogen) atoms. The molecule has 0 radical (unpaired) electrons. The Morgan fingerprint density at radius 1 is 1.27 bits per heavy atom. The molecule has 4 nitrogen and oxygen atoms in total. The number of hydrogen-bond acceptors (Lipinski definition) is 3. The van der Waals surface area contributed by atoms with Gasteiger partial charge >= 0.3 is 0 Å². The van der Waals surface area contributed by atoms with Crippen LogP contribution in [0.15, 0.2) is 48.5 Å². The number of piperidine rings is 1. The van der Waals surface area contributed by atoms with Gasteiger partial charge in [-0.25, -0.2) is 4.39 Å². The van der Waals surface area contributed by atoms with E-state index in [1.807, 2.05) is 48.2 Å². The van der Waals surface area contributed by atoms with Crippen LogP contribution >= 0.6 is 0 Å². The Hall–Kier alpha value is -2.40. The Balaban J connectivity index is 1.68. The van der Waals surface area contributed by atoms with Gasteiger partial charge in [0.15, 0.2) is 6.10 Å². The van der Waals surface area contributed by atoms with E-state index >= 15 is 0 Å². The maximum atomic E-state index is 14.2. The Morgan fingerprint density at radius 2 is 2.04 bits per heavy atom. The molecule has 1 N–H and O–H groups in total. The third kappa shape index (κ3) is 4.22. The molecule has 0 bridgehead atoms. The second-order valence-electron chi connectivity index (χ2n) is 6.78. The van der Waals surface area contributed by atoms with Crippen molar-refractivity contribution >= 4 is 11.6 Å². The van der Waals surface area contributed by atoms with Crippen molar-refractivity contribution in [2.24, 2.45) is 0 Å². The minimum Gasteiger partial charge on any atom is -0.367 e. The lowest BCUT2D eigenvalue weighted by molar-refractivity contribution is -0.132. The van der Waals surface area contributed by atoms with Gasteiger partial charge in [0.2, 0.25) is 0 Å². The summed E-state index contributed by atoms with van der Waals surface area (Å²) in [7, 11) is 1.53. The van der Waals surface area contributed by atoms with Crippen LogP contribution in [0.3, 0.4) is 0 Å². The van der Waals surface area contributed by atoms with E-state index in [-0.39, 0.29) is 17.8 Å². The number of nitrogens with one attached hydrogen (secondary N) is 1. The number of ether oxygens (including phenoxy) is 1. The first-order valence-electron chi connectivity index (χ1n) is 8.97. The van der Waals surface area contributed by atoms with Crippen molar-refractivity contribution < 1.29 is 13.9 Å². The highest BCUT2D eigenvalue weighted by atomic mass is 19.1. The van der Waals surface area contributed by atoms with Gasteiger partial charge < -0.3 is 15.0 Å². The number of hydrogen-bond donors (Lipinski definition) is 1. The highest BCUT2D eigenvalue weighted by Crippen LogP contribution is 2.25. The monoisotopic (exact) mass is 356 g/mol. The molecule has 0 aromatic heterocycles. The van der Waals surface area contributed by atoms with Crippen LogP contribution in [0.5, 0.6) is 0 Å². The van der Waals surface area contributed by atoms with Gasteiger partial charge in [0.25, 0.3) is 5.91 Å². The predicted molar refractivity (Wildman–Crippen MR) is 101 cm³/mol. The zero-order chi connectivity index (χ0) is 18.5. The number of aryl methyl sites for hydroxylation is 1. The van der Waals surface area contributed by atoms with Gasteiger partial charge in [0, 0.05) is 26.2 Å². The lowest BCUT2D eigenvalue weighted by Crippen LogP contribution is -2.49. The molecule has 2 aromatic rings. The van der Waals surface area contributed by atoms with Crippen molar-refractivity contribution in [1.82, 2.24) is 5.32 Å². The number of benzene rings is 2. The molecule has 2 atom stereocenters. The third-order valence-electron chi connectivity index (χ3n) is 4.79. The topological polar surface area (TPSA) is 41.6 Å². The molecule has 1 aliphatic heterocycles. The first-order valence-corrected chi connectivity index (χ1v) is 8.97. The number of halogens is 1. The van der Waals surface area contributed by atoms with E-state index in [4.69, 9.17) is 4.74 Å². The smallest absolute Gasteiger partial charge is 0.254 e. The molecular formula is C21H25FN2O2. The van der Waals surface area contributed by atoms with Crippen LogP contribution in [-0.4, -0.2) is 32.1 Å². The minimum absolute atomic E-state index is 0.0301. The largest absolute Gasteiger partial charge is 0.367 e. The molecule has 0 spiro atoms. The van der Waals surface area contributed by atoms with Gasteiger partial charge in [-0.05, 0) is 43.0 Å². The number of carbonyl (C=O) groups excluding carboxylic acids is 1.